The van der Waals surface area contributed by atoms with Crippen LogP contribution in [0.3, 0.4) is 0 Å². The molecule has 1 saturated carbocycles. The summed E-state index contributed by atoms with van der Waals surface area (Å²) >= 11 is 0. The highest BCUT2D eigenvalue weighted by atomic mass is 16.6. The third-order valence-electron chi connectivity index (χ3n) is 2.42. The number of rotatable bonds is 2. The Bertz CT molecular complexity index is 148. The van der Waals surface area contributed by atoms with Gasteiger partial charge in [0.1, 0.15) is 0 Å². The van der Waals surface area contributed by atoms with Gasteiger partial charge in [-0.05, 0) is 12.8 Å². The van der Waals surface area contributed by atoms with Crippen molar-refractivity contribution >= 4 is 0 Å². The number of fused-ring (bicyclic) bond motifs is 1. The molecule has 2 saturated heterocycles. The zero-order chi connectivity index (χ0) is 7.24. The van der Waals surface area contributed by atoms with Crippen LogP contribution >= 0.6 is 0 Å². The molecule has 0 radical (unpaired) electrons. The van der Waals surface area contributed by atoms with Crippen LogP contribution in [0.15, 0.2) is 0 Å². The fourth-order valence-electron chi connectivity index (χ4n) is 2.14. The molecule has 3 rings (SSSR count). The summed E-state index contributed by atoms with van der Waals surface area (Å²) in [6.07, 6.45) is 1.96. The zero-order valence-electron chi connectivity index (χ0n) is 6.22. The van der Waals surface area contributed by atoms with E-state index in [9.17, 15) is 0 Å². The summed E-state index contributed by atoms with van der Waals surface area (Å²) in [5.41, 5.74) is 5.88. The van der Waals surface area contributed by atoms with Crippen molar-refractivity contribution in [3.05, 3.63) is 0 Å². The maximum atomic E-state index is 5.88. The van der Waals surface area contributed by atoms with E-state index in [0.29, 0.717) is 6.61 Å². The second kappa shape index (κ2) is 1.72. The van der Waals surface area contributed by atoms with E-state index in [0.717, 1.165) is 19.4 Å². The van der Waals surface area contributed by atoms with Crippen LogP contribution in [-0.2, 0) is 9.47 Å². The Morgan fingerprint density at radius 1 is 1.60 bits per heavy atom. The van der Waals surface area contributed by atoms with E-state index in [1.807, 2.05) is 0 Å². The maximum Gasteiger partial charge on any atom is 0.0952 e. The summed E-state index contributed by atoms with van der Waals surface area (Å²) < 4.78 is 10.5. The van der Waals surface area contributed by atoms with Crippen LogP contribution in [0.4, 0.5) is 0 Å². The smallest absolute Gasteiger partial charge is 0.0952 e. The van der Waals surface area contributed by atoms with Crippen LogP contribution in [0.25, 0.3) is 0 Å². The highest BCUT2D eigenvalue weighted by molar-refractivity contribution is 5.15. The number of hydrogen-bond donors (Lipinski definition) is 1. The molecule has 10 heavy (non-hydrogen) atoms. The van der Waals surface area contributed by atoms with Gasteiger partial charge in [-0.25, -0.2) is 0 Å². The lowest BCUT2D eigenvalue weighted by molar-refractivity contribution is -0.0600. The van der Waals surface area contributed by atoms with Gasteiger partial charge in [0.25, 0.3) is 0 Å². The van der Waals surface area contributed by atoms with Crippen LogP contribution in [0.1, 0.15) is 12.8 Å². The number of hydrogen-bond acceptors (Lipinski definition) is 3. The summed E-state index contributed by atoms with van der Waals surface area (Å²) in [4.78, 5) is 0. The van der Waals surface area contributed by atoms with E-state index in [4.69, 9.17) is 15.2 Å². The Balaban J connectivity index is 2.00. The van der Waals surface area contributed by atoms with Crippen LogP contribution in [0, 0.1) is 0 Å². The average Bonchev–Trinajstić information content (AvgIpc) is 2.21. The van der Waals surface area contributed by atoms with Crippen LogP contribution in [-0.4, -0.2) is 31.5 Å². The minimum atomic E-state index is -0.00146. The largest absolute Gasteiger partial charge is 0.382 e. The van der Waals surface area contributed by atoms with Gasteiger partial charge in [0, 0.05) is 12.6 Å². The first kappa shape index (κ1) is 6.58. The fraction of sp³-hybridized carbons (Fsp3) is 1.00. The molecule has 0 amide bonds. The highest BCUT2D eigenvalue weighted by Gasteiger charge is 2.60. The number of ether oxygens (including phenoxy) is 2. The second-order valence-corrected chi connectivity index (χ2v) is 3.62. The summed E-state index contributed by atoms with van der Waals surface area (Å²) in [5.74, 6) is 0. The third kappa shape index (κ3) is 0.713. The van der Waals surface area contributed by atoms with Gasteiger partial charge in [-0.15, -0.1) is 0 Å². The SMILES string of the molecule is COCC12CC(N)(CO1)C2. The van der Waals surface area contributed by atoms with Crippen molar-refractivity contribution in [1.29, 1.82) is 0 Å². The minimum Gasteiger partial charge on any atom is -0.382 e. The molecule has 0 atom stereocenters. The van der Waals surface area contributed by atoms with Crippen LogP contribution < -0.4 is 5.73 Å². The molecule has 1 aliphatic carbocycles. The van der Waals surface area contributed by atoms with Gasteiger partial charge in [0.15, 0.2) is 0 Å². The van der Waals surface area contributed by atoms with Crippen LogP contribution in [0.5, 0.6) is 0 Å². The molecule has 0 aromatic heterocycles. The van der Waals surface area contributed by atoms with Crippen LogP contribution in [0.2, 0.25) is 0 Å². The molecule has 0 unspecified atom stereocenters. The van der Waals surface area contributed by atoms with E-state index in [1.165, 1.54) is 0 Å². The van der Waals surface area contributed by atoms with Crippen molar-refractivity contribution in [2.45, 2.75) is 24.0 Å². The van der Waals surface area contributed by atoms with Gasteiger partial charge in [0.05, 0.1) is 18.8 Å². The van der Waals surface area contributed by atoms with Crippen molar-refractivity contribution in [2.75, 3.05) is 20.3 Å². The normalized spacial score (nSPS) is 51.0. The van der Waals surface area contributed by atoms with Crippen molar-refractivity contribution in [1.82, 2.24) is 0 Å². The molecular weight excluding hydrogens is 130 g/mol. The maximum absolute atomic E-state index is 5.88. The Morgan fingerprint density at radius 3 is 2.70 bits per heavy atom. The van der Waals surface area contributed by atoms with E-state index in [-0.39, 0.29) is 11.1 Å². The Morgan fingerprint density at radius 2 is 2.30 bits per heavy atom. The molecule has 3 heteroatoms. The lowest BCUT2D eigenvalue weighted by Gasteiger charge is -2.41. The zero-order valence-corrected chi connectivity index (χ0v) is 6.22. The Labute approximate surface area is 60.5 Å². The predicted molar refractivity (Wildman–Crippen MR) is 36.7 cm³/mol. The van der Waals surface area contributed by atoms with E-state index < -0.39 is 0 Å². The monoisotopic (exact) mass is 143 g/mol. The molecule has 2 N–H and O–H groups in total. The Hall–Kier alpha value is -0.120. The molecule has 0 aromatic carbocycles. The number of nitrogens with two attached hydrogens (primary N) is 1. The summed E-state index contributed by atoms with van der Waals surface area (Å²) in [6, 6.07) is 0. The summed E-state index contributed by atoms with van der Waals surface area (Å²) in [6.45, 7) is 1.42. The Kier molecular flexibility index (Phi) is 1.14. The van der Waals surface area contributed by atoms with Crippen molar-refractivity contribution < 1.29 is 9.47 Å². The van der Waals surface area contributed by atoms with Gasteiger partial charge in [0.2, 0.25) is 0 Å². The van der Waals surface area contributed by atoms with Gasteiger partial charge >= 0.3 is 0 Å². The van der Waals surface area contributed by atoms with Gasteiger partial charge in [-0.3, -0.25) is 0 Å². The van der Waals surface area contributed by atoms with E-state index >= 15 is 0 Å². The molecule has 58 valence electrons. The average molecular weight is 143 g/mol. The molecule has 2 heterocycles. The highest BCUT2D eigenvalue weighted by Crippen LogP contribution is 2.49. The predicted octanol–water partition coefficient (Wildman–Crippen LogP) is -0.107. The standard InChI is InChI=1S/C7H13NO2/c1-9-5-7-2-6(8,3-7)4-10-7/h2-5,8H2,1H3. The molecular formula is C7H13NO2. The lowest BCUT2D eigenvalue weighted by atomic mass is 9.69. The third-order valence-corrected chi connectivity index (χ3v) is 2.42. The topological polar surface area (TPSA) is 44.5 Å². The first-order valence-electron chi connectivity index (χ1n) is 3.60. The second-order valence-electron chi connectivity index (χ2n) is 3.62. The molecule has 0 spiro atoms. The molecule has 2 bridgehead atoms. The molecule has 2 aliphatic heterocycles. The van der Waals surface area contributed by atoms with Crippen molar-refractivity contribution in [2.24, 2.45) is 5.73 Å². The first-order valence-corrected chi connectivity index (χ1v) is 3.60. The first-order chi connectivity index (χ1) is 4.68. The summed E-state index contributed by atoms with van der Waals surface area (Å²) in [7, 11) is 1.70. The van der Waals surface area contributed by atoms with Gasteiger partial charge < -0.3 is 15.2 Å². The molecule has 3 fully saturated rings. The lowest BCUT2D eigenvalue weighted by Crippen LogP contribution is -2.56. The van der Waals surface area contributed by atoms with Gasteiger partial charge in [-0.2, -0.15) is 0 Å². The minimum absolute atomic E-state index is 0.00146. The van der Waals surface area contributed by atoms with Crippen molar-refractivity contribution in [3.63, 3.8) is 0 Å². The quantitative estimate of drug-likeness (QED) is 0.586. The summed E-state index contributed by atoms with van der Waals surface area (Å²) in [5, 5.41) is 0. The molecule has 0 aromatic rings. The van der Waals surface area contributed by atoms with E-state index in [2.05, 4.69) is 0 Å². The number of methoxy groups -OCH3 is 1. The molecule has 3 aliphatic rings. The van der Waals surface area contributed by atoms with E-state index in [1.54, 1.807) is 7.11 Å². The van der Waals surface area contributed by atoms with Crippen molar-refractivity contribution in [3.8, 4) is 0 Å². The fourth-order valence-corrected chi connectivity index (χ4v) is 2.14. The molecule has 3 nitrogen and oxygen atoms in total. The van der Waals surface area contributed by atoms with Gasteiger partial charge in [-0.1, -0.05) is 0 Å².